The van der Waals surface area contributed by atoms with Crippen LogP contribution in [-0.4, -0.2) is 69.5 Å². The zero-order valence-electron chi connectivity index (χ0n) is 17.9. The minimum atomic E-state index is -0.560. The van der Waals surface area contributed by atoms with Crippen molar-refractivity contribution in [1.82, 2.24) is 15.5 Å². The molecule has 7 nitrogen and oxygen atoms in total. The lowest BCUT2D eigenvalue weighted by atomic mass is 9.66. The number of hydrogen-bond acceptors (Lipinski definition) is 5. The number of aliphatic hydroxyl groups excluding tert-OH is 1. The maximum absolute atomic E-state index is 13.6. The third-order valence-electron chi connectivity index (χ3n) is 6.58. The molecule has 3 heterocycles. The van der Waals surface area contributed by atoms with Crippen molar-refractivity contribution in [3.8, 4) is 0 Å². The molecule has 0 aromatic heterocycles. The van der Waals surface area contributed by atoms with Gasteiger partial charge in [-0.25, -0.2) is 0 Å². The highest BCUT2D eigenvalue weighted by Gasteiger charge is 2.75. The Morgan fingerprint density at radius 1 is 1.31 bits per heavy atom. The van der Waals surface area contributed by atoms with E-state index in [1.165, 1.54) is 0 Å². The van der Waals surface area contributed by atoms with Gasteiger partial charge in [0.15, 0.2) is 0 Å². The largest absolute Gasteiger partial charge is 0.396 e. The van der Waals surface area contributed by atoms with Gasteiger partial charge in [0.1, 0.15) is 6.04 Å². The zero-order valence-corrected chi connectivity index (χ0v) is 18.8. The molecule has 0 saturated carbocycles. The van der Waals surface area contributed by atoms with E-state index in [9.17, 15) is 14.4 Å². The average molecular weight is 426 g/mol. The van der Waals surface area contributed by atoms with Gasteiger partial charge in [-0.1, -0.05) is 13.8 Å². The molecule has 3 fully saturated rings. The number of hydrogen-bond donors (Lipinski definition) is 3. The number of nitrogens with one attached hydrogen (secondary N) is 2. The number of carbonyl (C=O) groups is 3. The molecular formula is C21H35N3O4S. The second-order valence-corrected chi connectivity index (χ2v) is 10.5. The maximum Gasteiger partial charge on any atom is 0.244 e. The maximum atomic E-state index is 13.6. The Kier molecular flexibility index (Phi) is 6.83. The van der Waals surface area contributed by atoms with Crippen LogP contribution in [0.1, 0.15) is 53.4 Å². The lowest BCUT2D eigenvalue weighted by Gasteiger charge is -2.39. The highest BCUT2D eigenvalue weighted by atomic mass is 32.2. The van der Waals surface area contributed by atoms with E-state index in [4.69, 9.17) is 5.11 Å². The predicted octanol–water partition coefficient (Wildman–Crippen LogP) is 1.15. The summed E-state index contributed by atoms with van der Waals surface area (Å²) in [5.41, 5.74) is 0. The fourth-order valence-corrected chi connectivity index (χ4v) is 7.91. The SMILES string of the molecule is CCCNC(=O)[C@@H]1[C@@H]2CC(C)C3(S2)C(C(=O)NC(C)C)N(CCCCO)C(=O)[C@H]13. The van der Waals surface area contributed by atoms with Crippen LogP contribution in [-0.2, 0) is 14.4 Å². The van der Waals surface area contributed by atoms with Crippen LogP contribution in [0.3, 0.4) is 0 Å². The van der Waals surface area contributed by atoms with Crippen molar-refractivity contribution in [3.63, 3.8) is 0 Å². The highest BCUT2D eigenvalue weighted by Crippen LogP contribution is 2.68. The van der Waals surface area contributed by atoms with E-state index in [0.29, 0.717) is 25.9 Å². The van der Waals surface area contributed by atoms with Gasteiger partial charge in [-0.05, 0) is 45.4 Å². The topological polar surface area (TPSA) is 98.7 Å². The molecule has 6 atom stereocenters. The number of unbranched alkanes of at least 4 members (excludes halogenated alkanes) is 1. The van der Waals surface area contributed by atoms with Crippen molar-refractivity contribution < 1.29 is 19.5 Å². The van der Waals surface area contributed by atoms with Gasteiger partial charge in [-0.2, -0.15) is 0 Å². The highest BCUT2D eigenvalue weighted by molar-refractivity contribution is 8.02. The van der Waals surface area contributed by atoms with Gasteiger partial charge in [-0.15, -0.1) is 11.8 Å². The van der Waals surface area contributed by atoms with Crippen LogP contribution in [0.25, 0.3) is 0 Å². The van der Waals surface area contributed by atoms with Gasteiger partial charge in [0, 0.05) is 31.0 Å². The molecule has 29 heavy (non-hydrogen) atoms. The van der Waals surface area contributed by atoms with E-state index in [-0.39, 0.29) is 47.5 Å². The smallest absolute Gasteiger partial charge is 0.244 e. The molecule has 3 aliphatic rings. The fraction of sp³-hybridized carbons (Fsp3) is 0.857. The molecule has 2 bridgehead atoms. The van der Waals surface area contributed by atoms with Gasteiger partial charge < -0.3 is 20.6 Å². The first kappa shape index (κ1) is 22.4. The number of nitrogens with zero attached hydrogens (tertiary/aromatic N) is 1. The first-order valence-electron chi connectivity index (χ1n) is 11.0. The first-order chi connectivity index (χ1) is 13.8. The van der Waals surface area contributed by atoms with Gasteiger partial charge in [0.05, 0.1) is 16.6 Å². The molecular weight excluding hydrogens is 390 g/mol. The van der Waals surface area contributed by atoms with Crippen molar-refractivity contribution in [1.29, 1.82) is 0 Å². The minimum Gasteiger partial charge on any atom is -0.396 e. The van der Waals surface area contributed by atoms with Gasteiger partial charge in [0.25, 0.3) is 0 Å². The van der Waals surface area contributed by atoms with E-state index >= 15 is 0 Å². The summed E-state index contributed by atoms with van der Waals surface area (Å²) in [7, 11) is 0. The number of likely N-dealkylation sites (tertiary alicyclic amines) is 1. The fourth-order valence-electron chi connectivity index (χ4n) is 5.48. The number of rotatable bonds is 9. The summed E-state index contributed by atoms with van der Waals surface area (Å²) >= 11 is 1.70. The average Bonchev–Trinajstić information content (AvgIpc) is 3.23. The molecule has 3 amide bonds. The van der Waals surface area contributed by atoms with Crippen molar-refractivity contribution in [2.24, 2.45) is 17.8 Å². The summed E-state index contributed by atoms with van der Waals surface area (Å²) in [6, 6.07) is -0.579. The van der Waals surface area contributed by atoms with Crippen LogP contribution in [0, 0.1) is 17.8 Å². The molecule has 164 valence electrons. The number of amides is 3. The number of fused-ring (bicyclic) bond motifs is 1. The second kappa shape index (κ2) is 8.84. The Hall–Kier alpha value is -1.28. The lowest BCUT2D eigenvalue weighted by molar-refractivity contribution is -0.140. The molecule has 0 aliphatic carbocycles. The number of thioether (sulfide) groups is 1. The summed E-state index contributed by atoms with van der Waals surface area (Å²) < 4.78 is -0.547. The van der Waals surface area contributed by atoms with Crippen molar-refractivity contribution in [3.05, 3.63) is 0 Å². The van der Waals surface area contributed by atoms with E-state index in [1.807, 2.05) is 20.8 Å². The third kappa shape index (κ3) is 3.67. The lowest BCUT2D eigenvalue weighted by Crippen LogP contribution is -2.57. The Bertz CT molecular complexity index is 658. The molecule has 8 heteroatoms. The van der Waals surface area contributed by atoms with Gasteiger partial charge in [-0.3, -0.25) is 14.4 Å². The predicted molar refractivity (Wildman–Crippen MR) is 113 cm³/mol. The van der Waals surface area contributed by atoms with E-state index in [1.54, 1.807) is 16.7 Å². The summed E-state index contributed by atoms with van der Waals surface area (Å²) in [5, 5.41) is 15.3. The molecule has 0 radical (unpaired) electrons. The number of carbonyl (C=O) groups excluding carboxylic acids is 3. The van der Waals surface area contributed by atoms with Gasteiger partial charge in [0.2, 0.25) is 17.7 Å². The van der Waals surface area contributed by atoms with Crippen LogP contribution in [0.15, 0.2) is 0 Å². The van der Waals surface area contributed by atoms with E-state index in [2.05, 4.69) is 17.6 Å². The molecule has 3 unspecified atom stereocenters. The molecule has 0 aromatic carbocycles. The van der Waals surface area contributed by atoms with Crippen molar-refractivity contribution in [2.75, 3.05) is 19.7 Å². The minimum absolute atomic E-state index is 0.0186. The second-order valence-electron chi connectivity index (χ2n) is 8.97. The summed E-state index contributed by atoms with van der Waals surface area (Å²) in [4.78, 5) is 41.6. The van der Waals surface area contributed by atoms with Crippen LogP contribution in [0.2, 0.25) is 0 Å². The summed E-state index contributed by atoms with van der Waals surface area (Å²) in [5.74, 6) is -0.855. The third-order valence-corrected chi connectivity index (χ3v) is 8.66. The molecule has 1 spiro atoms. The van der Waals surface area contributed by atoms with Gasteiger partial charge >= 0.3 is 0 Å². The van der Waals surface area contributed by atoms with Crippen LogP contribution in [0.5, 0.6) is 0 Å². The standard InChI is InChI=1S/C21H35N3O4S/c1-5-8-22-18(26)15-14-11-13(4)21(29-14)16(15)20(28)24(9-6-7-10-25)17(21)19(27)23-12(2)3/h12-17,25H,5-11H2,1-4H3,(H,22,26)(H,23,27)/t13?,14-,15+,16-,17?,21?/m0/s1. The van der Waals surface area contributed by atoms with E-state index in [0.717, 1.165) is 12.8 Å². The Balaban J connectivity index is 1.96. The molecule has 3 aliphatic heterocycles. The molecule has 0 aromatic rings. The molecule has 3 N–H and O–H groups in total. The Morgan fingerprint density at radius 2 is 2.03 bits per heavy atom. The van der Waals surface area contributed by atoms with Crippen molar-refractivity contribution in [2.45, 2.75) is 75.5 Å². The Morgan fingerprint density at radius 3 is 2.66 bits per heavy atom. The summed E-state index contributed by atoms with van der Waals surface area (Å²) in [6.07, 6.45) is 2.94. The monoisotopic (exact) mass is 425 g/mol. The molecule has 3 saturated heterocycles. The quantitative estimate of drug-likeness (QED) is 0.481. The van der Waals surface area contributed by atoms with Crippen LogP contribution >= 0.6 is 11.8 Å². The van der Waals surface area contributed by atoms with Crippen molar-refractivity contribution >= 4 is 29.5 Å². The van der Waals surface area contributed by atoms with E-state index < -0.39 is 16.7 Å². The normalized spacial score (nSPS) is 35.3. The number of aliphatic hydroxyl groups is 1. The summed E-state index contributed by atoms with van der Waals surface area (Å²) in [6.45, 7) is 9.08. The van der Waals surface area contributed by atoms with Crippen LogP contribution < -0.4 is 10.6 Å². The molecule has 3 rings (SSSR count). The van der Waals surface area contributed by atoms with Crippen LogP contribution in [0.4, 0.5) is 0 Å². The first-order valence-corrected chi connectivity index (χ1v) is 11.8. The zero-order chi connectivity index (χ0) is 21.3. The Labute approximate surface area is 177 Å².